The second-order valence-corrected chi connectivity index (χ2v) is 5.15. The van der Waals surface area contributed by atoms with Gasteiger partial charge in [-0.1, -0.05) is 26.2 Å². The third-order valence-electron chi connectivity index (χ3n) is 4.26. The van der Waals surface area contributed by atoms with Gasteiger partial charge in [0, 0.05) is 0 Å². The van der Waals surface area contributed by atoms with Crippen LogP contribution < -0.4 is 5.32 Å². The van der Waals surface area contributed by atoms with E-state index in [0.717, 1.165) is 13.0 Å². The van der Waals surface area contributed by atoms with Crippen LogP contribution in [0.3, 0.4) is 0 Å². The summed E-state index contributed by atoms with van der Waals surface area (Å²) in [5.41, 5.74) is 0. The van der Waals surface area contributed by atoms with E-state index in [4.69, 9.17) is 5.11 Å². The third kappa shape index (κ3) is 2.17. The van der Waals surface area contributed by atoms with Gasteiger partial charge in [-0.05, 0) is 37.1 Å². The molecule has 2 N–H and O–H groups in total. The molecule has 4 unspecified atom stereocenters. The SMILES string of the molecule is CC1CCCCC1C1CCNC1C(=O)O. The maximum atomic E-state index is 11.1. The first kappa shape index (κ1) is 10.9. The van der Waals surface area contributed by atoms with Gasteiger partial charge >= 0.3 is 5.97 Å². The van der Waals surface area contributed by atoms with E-state index in [-0.39, 0.29) is 6.04 Å². The topological polar surface area (TPSA) is 49.3 Å². The number of carbonyl (C=O) groups is 1. The summed E-state index contributed by atoms with van der Waals surface area (Å²) < 4.78 is 0. The molecule has 0 spiro atoms. The Bertz CT molecular complexity index is 242. The van der Waals surface area contributed by atoms with Gasteiger partial charge in [0.2, 0.25) is 0 Å². The molecule has 3 nitrogen and oxygen atoms in total. The van der Waals surface area contributed by atoms with E-state index in [9.17, 15) is 4.79 Å². The lowest BCUT2D eigenvalue weighted by Crippen LogP contribution is -2.40. The lowest BCUT2D eigenvalue weighted by atomic mass is 9.71. The summed E-state index contributed by atoms with van der Waals surface area (Å²) >= 11 is 0. The second-order valence-electron chi connectivity index (χ2n) is 5.15. The zero-order chi connectivity index (χ0) is 10.8. The maximum Gasteiger partial charge on any atom is 0.320 e. The number of carboxylic acid groups (broad SMARTS) is 1. The van der Waals surface area contributed by atoms with Crippen molar-refractivity contribution >= 4 is 5.97 Å². The summed E-state index contributed by atoms with van der Waals surface area (Å²) in [6, 6.07) is -0.282. The molecule has 86 valence electrons. The molecule has 0 bridgehead atoms. The Kier molecular flexibility index (Phi) is 3.29. The van der Waals surface area contributed by atoms with Crippen LogP contribution in [0.5, 0.6) is 0 Å². The largest absolute Gasteiger partial charge is 0.480 e. The van der Waals surface area contributed by atoms with Crippen molar-refractivity contribution < 1.29 is 9.90 Å². The molecule has 1 saturated heterocycles. The first-order chi connectivity index (χ1) is 7.20. The summed E-state index contributed by atoms with van der Waals surface area (Å²) in [5.74, 6) is 1.06. The van der Waals surface area contributed by atoms with E-state index in [1.54, 1.807) is 0 Å². The summed E-state index contributed by atoms with van der Waals surface area (Å²) in [5, 5.41) is 12.3. The van der Waals surface area contributed by atoms with Gasteiger partial charge < -0.3 is 10.4 Å². The molecule has 2 fully saturated rings. The van der Waals surface area contributed by atoms with E-state index in [2.05, 4.69) is 12.2 Å². The Balaban J connectivity index is 2.04. The quantitative estimate of drug-likeness (QED) is 0.733. The van der Waals surface area contributed by atoms with E-state index in [1.165, 1.54) is 25.7 Å². The first-order valence-corrected chi connectivity index (χ1v) is 6.16. The summed E-state index contributed by atoms with van der Waals surface area (Å²) in [7, 11) is 0. The summed E-state index contributed by atoms with van der Waals surface area (Å²) in [6.45, 7) is 3.17. The van der Waals surface area contributed by atoms with Gasteiger partial charge in [0.15, 0.2) is 0 Å². The minimum Gasteiger partial charge on any atom is -0.480 e. The predicted octanol–water partition coefficient (Wildman–Crippen LogP) is 1.88. The second kappa shape index (κ2) is 4.52. The minimum absolute atomic E-state index is 0.282. The maximum absolute atomic E-state index is 11.1. The highest BCUT2D eigenvalue weighted by Crippen LogP contribution is 2.39. The van der Waals surface area contributed by atoms with Crippen molar-refractivity contribution in [2.45, 2.75) is 45.1 Å². The van der Waals surface area contributed by atoms with Crippen LogP contribution in [0.2, 0.25) is 0 Å². The smallest absolute Gasteiger partial charge is 0.320 e. The van der Waals surface area contributed by atoms with Crippen LogP contribution in [0, 0.1) is 17.8 Å². The van der Waals surface area contributed by atoms with Gasteiger partial charge in [0.1, 0.15) is 6.04 Å². The van der Waals surface area contributed by atoms with Crippen LogP contribution >= 0.6 is 0 Å². The number of hydrogen-bond donors (Lipinski definition) is 2. The van der Waals surface area contributed by atoms with Crippen LogP contribution in [0.25, 0.3) is 0 Å². The lowest BCUT2D eigenvalue weighted by molar-refractivity contribution is -0.140. The van der Waals surface area contributed by atoms with E-state index in [1.807, 2.05) is 0 Å². The number of rotatable bonds is 2. The molecule has 1 aliphatic heterocycles. The highest BCUT2D eigenvalue weighted by atomic mass is 16.4. The Morgan fingerprint density at radius 3 is 2.60 bits per heavy atom. The van der Waals surface area contributed by atoms with Crippen molar-refractivity contribution in [2.75, 3.05) is 6.54 Å². The molecule has 1 heterocycles. The van der Waals surface area contributed by atoms with Crippen molar-refractivity contribution in [3.05, 3.63) is 0 Å². The monoisotopic (exact) mass is 211 g/mol. The number of aliphatic carboxylic acids is 1. The molecule has 1 saturated carbocycles. The Morgan fingerprint density at radius 1 is 1.20 bits per heavy atom. The van der Waals surface area contributed by atoms with Gasteiger partial charge in [0.25, 0.3) is 0 Å². The molecular formula is C12H21NO2. The fourth-order valence-electron chi connectivity index (χ4n) is 3.44. The predicted molar refractivity (Wildman–Crippen MR) is 58.7 cm³/mol. The minimum atomic E-state index is -0.657. The normalized spacial score (nSPS) is 41.7. The van der Waals surface area contributed by atoms with Gasteiger partial charge in [-0.15, -0.1) is 0 Å². The summed E-state index contributed by atoms with van der Waals surface area (Å²) in [6.07, 6.45) is 6.18. The molecule has 0 aromatic heterocycles. The first-order valence-electron chi connectivity index (χ1n) is 6.16. The Morgan fingerprint density at radius 2 is 1.93 bits per heavy atom. The van der Waals surface area contributed by atoms with Crippen LogP contribution in [0.1, 0.15) is 39.0 Å². The standard InChI is InChI=1S/C12H21NO2/c1-8-4-2-3-5-9(8)10-6-7-13-11(10)12(14)15/h8-11,13H,2-7H2,1H3,(H,14,15). The molecule has 0 aromatic carbocycles. The fraction of sp³-hybridized carbons (Fsp3) is 0.917. The molecule has 0 radical (unpaired) electrons. The lowest BCUT2D eigenvalue weighted by Gasteiger charge is -2.35. The third-order valence-corrected chi connectivity index (χ3v) is 4.26. The van der Waals surface area contributed by atoms with E-state index < -0.39 is 5.97 Å². The van der Waals surface area contributed by atoms with Gasteiger partial charge in [-0.25, -0.2) is 0 Å². The van der Waals surface area contributed by atoms with Crippen molar-refractivity contribution in [2.24, 2.45) is 17.8 Å². The molecule has 2 rings (SSSR count). The van der Waals surface area contributed by atoms with Crippen LogP contribution in [-0.2, 0) is 4.79 Å². The van der Waals surface area contributed by atoms with Crippen molar-refractivity contribution in [1.29, 1.82) is 0 Å². The zero-order valence-corrected chi connectivity index (χ0v) is 9.41. The molecule has 2 aliphatic rings. The fourth-order valence-corrected chi connectivity index (χ4v) is 3.44. The van der Waals surface area contributed by atoms with Crippen molar-refractivity contribution in [3.8, 4) is 0 Å². The van der Waals surface area contributed by atoms with Gasteiger partial charge in [0.05, 0.1) is 0 Å². The highest BCUT2D eigenvalue weighted by Gasteiger charge is 2.40. The van der Waals surface area contributed by atoms with Gasteiger partial charge in [-0.3, -0.25) is 4.79 Å². The molecule has 4 atom stereocenters. The van der Waals surface area contributed by atoms with Crippen LogP contribution in [-0.4, -0.2) is 23.7 Å². The average molecular weight is 211 g/mol. The van der Waals surface area contributed by atoms with Gasteiger partial charge in [-0.2, -0.15) is 0 Å². The van der Waals surface area contributed by atoms with E-state index in [0.29, 0.717) is 17.8 Å². The Labute approximate surface area is 91.2 Å². The van der Waals surface area contributed by atoms with Crippen LogP contribution in [0.4, 0.5) is 0 Å². The van der Waals surface area contributed by atoms with Crippen LogP contribution in [0.15, 0.2) is 0 Å². The molecule has 0 amide bonds. The molecule has 1 aliphatic carbocycles. The molecule has 0 aromatic rings. The number of hydrogen-bond acceptors (Lipinski definition) is 2. The average Bonchev–Trinajstić information content (AvgIpc) is 2.67. The molecular weight excluding hydrogens is 190 g/mol. The van der Waals surface area contributed by atoms with Crippen molar-refractivity contribution in [3.63, 3.8) is 0 Å². The number of carboxylic acids is 1. The molecule has 15 heavy (non-hydrogen) atoms. The Hall–Kier alpha value is -0.570. The summed E-state index contributed by atoms with van der Waals surface area (Å²) in [4.78, 5) is 11.1. The highest BCUT2D eigenvalue weighted by molar-refractivity contribution is 5.74. The van der Waals surface area contributed by atoms with Crippen molar-refractivity contribution in [1.82, 2.24) is 5.32 Å². The number of nitrogens with one attached hydrogen (secondary N) is 1. The molecule has 3 heteroatoms. The zero-order valence-electron chi connectivity index (χ0n) is 9.41. The van der Waals surface area contributed by atoms with E-state index >= 15 is 0 Å².